The molecule has 0 unspecified atom stereocenters. The smallest absolute Gasteiger partial charge is 0.326 e. The Kier molecular flexibility index (Phi) is 5.33. The predicted octanol–water partition coefficient (Wildman–Crippen LogP) is 3.22. The van der Waals surface area contributed by atoms with Crippen molar-refractivity contribution in [2.75, 3.05) is 13.1 Å². The molecule has 0 aliphatic carbocycles. The number of para-hydroxylation sites is 2. The Hall–Kier alpha value is -3.33. The Morgan fingerprint density at radius 3 is 2.61 bits per heavy atom. The monoisotopic (exact) mass is 434 g/mol. The normalized spacial score (nSPS) is 14.9. The van der Waals surface area contributed by atoms with Crippen LogP contribution < -0.4 is 5.69 Å². The molecule has 9 heteroatoms. The summed E-state index contributed by atoms with van der Waals surface area (Å²) >= 11 is 1.57. The number of carbonyl (C=O) groups excluding carboxylic acids is 1. The average Bonchev–Trinajstić information content (AvgIpc) is 3.44. The number of rotatable bonds is 5. The van der Waals surface area contributed by atoms with Crippen LogP contribution in [0.15, 0.2) is 64.8 Å². The lowest BCUT2D eigenvalue weighted by atomic mass is 10.0. The van der Waals surface area contributed by atoms with Gasteiger partial charge in [0.2, 0.25) is 0 Å². The van der Waals surface area contributed by atoms with Crippen molar-refractivity contribution in [3.63, 3.8) is 0 Å². The molecular weight excluding hydrogens is 412 g/mol. The standard InChI is InChI=1S/C22H22N6O2S/c29-20(16-7-5-15(6-8-16)13-31-21-23-14-24-26-21)27-11-9-17(10-12-27)28-19-4-2-1-3-18(19)25-22(28)30/h1-8,14,17H,9-13H2,(H,25,30)(H,23,24,26). The largest absolute Gasteiger partial charge is 0.338 e. The van der Waals surface area contributed by atoms with Gasteiger partial charge in [0.05, 0.1) is 11.0 Å². The van der Waals surface area contributed by atoms with Crippen molar-refractivity contribution in [2.24, 2.45) is 0 Å². The minimum atomic E-state index is -0.0789. The maximum absolute atomic E-state index is 13.0. The second-order valence-corrected chi connectivity index (χ2v) is 8.58. The highest BCUT2D eigenvalue weighted by molar-refractivity contribution is 7.98. The number of piperidine rings is 1. The molecule has 0 saturated carbocycles. The van der Waals surface area contributed by atoms with Crippen molar-refractivity contribution in [1.29, 1.82) is 0 Å². The Bertz CT molecular complexity index is 1240. The van der Waals surface area contributed by atoms with Crippen molar-refractivity contribution in [2.45, 2.75) is 29.8 Å². The van der Waals surface area contributed by atoms with Crippen LogP contribution in [0.5, 0.6) is 0 Å². The summed E-state index contributed by atoms with van der Waals surface area (Å²) in [5, 5.41) is 7.44. The highest BCUT2D eigenvalue weighted by Crippen LogP contribution is 2.26. The van der Waals surface area contributed by atoms with Crippen LogP contribution in [-0.4, -0.2) is 48.6 Å². The van der Waals surface area contributed by atoms with Crippen molar-refractivity contribution in [3.8, 4) is 0 Å². The molecule has 31 heavy (non-hydrogen) atoms. The van der Waals surface area contributed by atoms with Crippen LogP contribution in [0.1, 0.15) is 34.8 Å². The zero-order valence-electron chi connectivity index (χ0n) is 16.8. The number of likely N-dealkylation sites (tertiary alicyclic amines) is 1. The first kappa shape index (κ1) is 19.6. The van der Waals surface area contributed by atoms with Gasteiger partial charge >= 0.3 is 5.69 Å². The summed E-state index contributed by atoms with van der Waals surface area (Å²) in [5.41, 5.74) is 3.51. The molecule has 5 rings (SSSR count). The Balaban J connectivity index is 1.21. The first-order valence-corrected chi connectivity index (χ1v) is 11.2. The SMILES string of the molecule is O=C(c1ccc(CSc2ncn[nH]2)cc1)N1CCC(n2c(=O)[nH]c3ccccc32)CC1. The van der Waals surface area contributed by atoms with E-state index in [9.17, 15) is 9.59 Å². The molecule has 158 valence electrons. The van der Waals surface area contributed by atoms with Gasteiger partial charge in [0.15, 0.2) is 5.16 Å². The third kappa shape index (κ3) is 4.00. The molecule has 1 aliphatic heterocycles. The van der Waals surface area contributed by atoms with E-state index in [1.54, 1.807) is 11.8 Å². The highest BCUT2D eigenvalue weighted by atomic mass is 32.2. The summed E-state index contributed by atoms with van der Waals surface area (Å²) in [6.07, 6.45) is 3.01. The summed E-state index contributed by atoms with van der Waals surface area (Å²) in [6.45, 7) is 1.27. The topological polar surface area (TPSA) is 99.7 Å². The van der Waals surface area contributed by atoms with Crippen LogP contribution in [-0.2, 0) is 5.75 Å². The number of carbonyl (C=O) groups is 1. The quantitative estimate of drug-likeness (QED) is 0.470. The lowest BCUT2D eigenvalue weighted by Gasteiger charge is -2.32. The molecule has 1 aliphatic rings. The molecule has 4 aromatic rings. The molecule has 1 fully saturated rings. The maximum atomic E-state index is 13.0. The first-order valence-electron chi connectivity index (χ1n) is 10.2. The molecular formula is C22H22N6O2S. The number of hydrogen-bond acceptors (Lipinski definition) is 5. The number of aromatic amines is 2. The average molecular weight is 435 g/mol. The van der Waals surface area contributed by atoms with E-state index in [1.165, 1.54) is 6.33 Å². The van der Waals surface area contributed by atoms with Crippen LogP contribution >= 0.6 is 11.8 Å². The molecule has 0 radical (unpaired) electrons. The van der Waals surface area contributed by atoms with Crippen LogP contribution in [0.3, 0.4) is 0 Å². The third-order valence-corrected chi connectivity index (χ3v) is 6.66. The van der Waals surface area contributed by atoms with E-state index in [0.29, 0.717) is 18.7 Å². The molecule has 8 nitrogen and oxygen atoms in total. The zero-order chi connectivity index (χ0) is 21.2. The molecule has 2 N–H and O–H groups in total. The number of hydrogen-bond donors (Lipinski definition) is 2. The number of nitrogens with one attached hydrogen (secondary N) is 2. The molecule has 0 bridgehead atoms. The van der Waals surface area contributed by atoms with Crippen molar-refractivity contribution in [3.05, 3.63) is 76.5 Å². The van der Waals surface area contributed by atoms with E-state index >= 15 is 0 Å². The molecule has 0 spiro atoms. The van der Waals surface area contributed by atoms with E-state index < -0.39 is 0 Å². The van der Waals surface area contributed by atoms with Gasteiger partial charge in [0.25, 0.3) is 5.91 Å². The lowest BCUT2D eigenvalue weighted by Crippen LogP contribution is -2.40. The van der Waals surface area contributed by atoms with Crippen molar-refractivity contribution >= 4 is 28.7 Å². The summed E-state index contributed by atoms with van der Waals surface area (Å²) < 4.78 is 1.85. The maximum Gasteiger partial charge on any atom is 0.326 e. The molecule has 1 amide bonds. The minimum absolute atomic E-state index is 0.0409. The van der Waals surface area contributed by atoms with E-state index in [2.05, 4.69) is 20.2 Å². The third-order valence-electron chi connectivity index (χ3n) is 5.71. The molecule has 2 aromatic carbocycles. The van der Waals surface area contributed by atoms with Crippen molar-refractivity contribution in [1.82, 2.24) is 29.6 Å². The molecule has 3 heterocycles. The van der Waals surface area contributed by atoms with Crippen LogP contribution in [0, 0.1) is 0 Å². The molecule has 1 saturated heterocycles. The van der Waals surface area contributed by atoms with Gasteiger partial charge in [0.1, 0.15) is 6.33 Å². The Morgan fingerprint density at radius 2 is 1.87 bits per heavy atom. The minimum Gasteiger partial charge on any atom is -0.338 e. The Morgan fingerprint density at radius 1 is 1.10 bits per heavy atom. The predicted molar refractivity (Wildman–Crippen MR) is 119 cm³/mol. The summed E-state index contributed by atoms with van der Waals surface area (Å²) in [6, 6.07) is 15.6. The van der Waals surface area contributed by atoms with E-state index in [4.69, 9.17) is 0 Å². The lowest BCUT2D eigenvalue weighted by molar-refractivity contribution is 0.0695. The summed E-state index contributed by atoms with van der Waals surface area (Å²) in [7, 11) is 0. The van der Waals surface area contributed by atoms with Gasteiger partial charge in [0, 0.05) is 30.4 Å². The fourth-order valence-electron chi connectivity index (χ4n) is 4.11. The fraction of sp³-hybridized carbons (Fsp3) is 0.273. The van der Waals surface area contributed by atoms with Gasteiger partial charge < -0.3 is 9.88 Å². The number of amides is 1. The van der Waals surface area contributed by atoms with E-state index in [-0.39, 0.29) is 17.6 Å². The number of benzene rings is 2. The number of imidazole rings is 1. The van der Waals surface area contributed by atoms with E-state index in [0.717, 1.165) is 40.3 Å². The second kappa shape index (κ2) is 8.43. The highest BCUT2D eigenvalue weighted by Gasteiger charge is 2.26. The van der Waals surface area contributed by atoms with Gasteiger partial charge in [-0.15, -0.1) is 0 Å². The zero-order valence-corrected chi connectivity index (χ0v) is 17.6. The fourth-order valence-corrected chi connectivity index (χ4v) is 4.84. The first-order chi connectivity index (χ1) is 15.2. The molecule has 0 atom stereocenters. The van der Waals surface area contributed by atoms with Crippen LogP contribution in [0.4, 0.5) is 0 Å². The van der Waals surface area contributed by atoms with Crippen LogP contribution in [0.2, 0.25) is 0 Å². The molecule has 2 aromatic heterocycles. The van der Waals surface area contributed by atoms with Gasteiger partial charge in [-0.3, -0.25) is 14.5 Å². The number of nitrogens with zero attached hydrogens (tertiary/aromatic N) is 4. The second-order valence-electron chi connectivity index (χ2n) is 7.62. The number of aromatic nitrogens is 5. The van der Waals surface area contributed by atoms with Gasteiger partial charge in [-0.05, 0) is 42.7 Å². The summed E-state index contributed by atoms with van der Waals surface area (Å²) in [5.74, 6) is 0.799. The van der Waals surface area contributed by atoms with E-state index in [1.807, 2.05) is 58.0 Å². The van der Waals surface area contributed by atoms with Crippen molar-refractivity contribution < 1.29 is 4.79 Å². The number of thioether (sulfide) groups is 1. The Labute approximate surface area is 182 Å². The van der Waals surface area contributed by atoms with Gasteiger partial charge in [-0.25, -0.2) is 9.78 Å². The number of fused-ring (bicyclic) bond motifs is 1. The summed E-state index contributed by atoms with van der Waals surface area (Å²) in [4.78, 5) is 34.3. The van der Waals surface area contributed by atoms with Crippen LogP contribution in [0.25, 0.3) is 11.0 Å². The van der Waals surface area contributed by atoms with Gasteiger partial charge in [-0.2, -0.15) is 5.10 Å². The number of H-pyrrole nitrogens is 2. The van der Waals surface area contributed by atoms with Gasteiger partial charge in [-0.1, -0.05) is 36.0 Å².